The largest absolute Gasteiger partial charge is 0.466 e. The highest BCUT2D eigenvalue weighted by Gasteiger charge is 2.27. The molecule has 1 atom stereocenters. The SMILES string of the molecule is CCNC(=NCC(C)(O)c1ccco1)N1CCN(Cc2ccon2)CC1. The monoisotopic (exact) mass is 361 g/mol. The number of aromatic nitrogens is 1. The summed E-state index contributed by atoms with van der Waals surface area (Å²) < 4.78 is 10.2. The molecule has 1 aliphatic heterocycles. The molecule has 3 rings (SSSR count). The van der Waals surface area contributed by atoms with Crippen LogP contribution in [0.3, 0.4) is 0 Å². The zero-order valence-corrected chi connectivity index (χ0v) is 15.4. The van der Waals surface area contributed by atoms with Crippen LogP contribution in [0.2, 0.25) is 0 Å². The van der Waals surface area contributed by atoms with Crippen LogP contribution in [0.1, 0.15) is 25.3 Å². The van der Waals surface area contributed by atoms with E-state index in [1.165, 1.54) is 0 Å². The third kappa shape index (κ3) is 4.64. The Morgan fingerprint density at radius 2 is 2.12 bits per heavy atom. The van der Waals surface area contributed by atoms with Gasteiger partial charge in [-0.05, 0) is 26.0 Å². The number of hydrogen-bond acceptors (Lipinski definition) is 6. The second-order valence-corrected chi connectivity index (χ2v) is 6.68. The van der Waals surface area contributed by atoms with Gasteiger partial charge in [-0.3, -0.25) is 4.90 Å². The summed E-state index contributed by atoms with van der Waals surface area (Å²) in [5.74, 6) is 1.34. The molecule has 8 heteroatoms. The van der Waals surface area contributed by atoms with E-state index in [0.717, 1.165) is 50.9 Å². The third-order valence-electron chi connectivity index (χ3n) is 4.47. The lowest BCUT2D eigenvalue weighted by Crippen LogP contribution is -2.52. The molecule has 1 fully saturated rings. The van der Waals surface area contributed by atoms with Gasteiger partial charge < -0.3 is 24.3 Å². The van der Waals surface area contributed by atoms with Crippen LogP contribution in [0.5, 0.6) is 0 Å². The lowest BCUT2D eigenvalue weighted by molar-refractivity contribution is 0.0433. The highest BCUT2D eigenvalue weighted by Crippen LogP contribution is 2.21. The average molecular weight is 361 g/mol. The Kier molecular flexibility index (Phi) is 5.95. The van der Waals surface area contributed by atoms with Gasteiger partial charge in [0.2, 0.25) is 0 Å². The van der Waals surface area contributed by atoms with E-state index in [9.17, 15) is 5.11 Å². The number of guanidine groups is 1. The van der Waals surface area contributed by atoms with E-state index in [2.05, 4.69) is 25.3 Å². The summed E-state index contributed by atoms with van der Waals surface area (Å²) in [6.07, 6.45) is 3.17. The van der Waals surface area contributed by atoms with Crippen molar-refractivity contribution in [2.75, 3.05) is 39.3 Å². The fourth-order valence-corrected chi connectivity index (χ4v) is 2.98. The summed E-state index contributed by atoms with van der Waals surface area (Å²) >= 11 is 0. The first-order valence-corrected chi connectivity index (χ1v) is 9.00. The van der Waals surface area contributed by atoms with Gasteiger partial charge in [0.25, 0.3) is 0 Å². The highest BCUT2D eigenvalue weighted by molar-refractivity contribution is 5.80. The quantitative estimate of drug-likeness (QED) is 0.591. The van der Waals surface area contributed by atoms with Crippen LogP contribution in [0.15, 0.2) is 44.7 Å². The summed E-state index contributed by atoms with van der Waals surface area (Å²) in [6, 6.07) is 5.44. The van der Waals surface area contributed by atoms with Gasteiger partial charge in [0, 0.05) is 45.3 Å². The van der Waals surface area contributed by atoms with E-state index in [1.54, 1.807) is 31.6 Å². The Hall–Kier alpha value is -2.32. The van der Waals surface area contributed by atoms with E-state index < -0.39 is 5.60 Å². The molecule has 0 spiro atoms. The first kappa shape index (κ1) is 18.5. The molecule has 0 aliphatic carbocycles. The van der Waals surface area contributed by atoms with Gasteiger partial charge in [-0.25, -0.2) is 4.99 Å². The number of nitrogens with zero attached hydrogens (tertiary/aromatic N) is 4. The number of aliphatic imine (C=N–C) groups is 1. The van der Waals surface area contributed by atoms with Crippen LogP contribution in [0.4, 0.5) is 0 Å². The van der Waals surface area contributed by atoms with E-state index in [-0.39, 0.29) is 6.54 Å². The van der Waals surface area contributed by atoms with Crippen molar-refractivity contribution < 1.29 is 14.0 Å². The fraction of sp³-hybridized carbons (Fsp3) is 0.556. The van der Waals surface area contributed by atoms with E-state index in [1.807, 2.05) is 13.0 Å². The highest BCUT2D eigenvalue weighted by atomic mass is 16.5. The van der Waals surface area contributed by atoms with Gasteiger partial charge in [0.05, 0.1) is 18.5 Å². The second-order valence-electron chi connectivity index (χ2n) is 6.68. The smallest absolute Gasteiger partial charge is 0.194 e. The Bertz CT molecular complexity index is 674. The van der Waals surface area contributed by atoms with Crippen LogP contribution in [-0.4, -0.2) is 65.3 Å². The molecule has 2 aromatic heterocycles. The summed E-state index contributed by atoms with van der Waals surface area (Å²) in [6.45, 7) is 9.15. The van der Waals surface area contributed by atoms with Gasteiger partial charge in [0.15, 0.2) is 5.96 Å². The number of furan rings is 1. The van der Waals surface area contributed by atoms with Crippen molar-refractivity contribution in [3.63, 3.8) is 0 Å². The van der Waals surface area contributed by atoms with Gasteiger partial charge >= 0.3 is 0 Å². The first-order chi connectivity index (χ1) is 12.6. The lowest BCUT2D eigenvalue weighted by Gasteiger charge is -2.36. The van der Waals surface area contributed by atoms with Crippen LogP contribution < -0.4 is 5.32 Å². The second kappa shape index (κ2) is 8.37. The third-order valence-corrected chi connectivity index (χ3v) is 4.47. The minimum absolute atomic E-state index is 0.238. The number of rotatable bonds is 6. The van der Waals surface area contributed by atoms with Gasteiger partial charge in [-0.2, -0.15) is 0 Å². The van der Waals surface area contributed by atoms with Gasteiger partial charge in [-0.1, -0.05) is 5.16 Å². The molecular weight excluding hydrogens is 334 g/mol. The number of hydrogen-bond donors (Lipinski definition) is 2. The van der Waals surface area contributed by atoms with Crippen molar-refractivity contribution in [1.82, 2.24) is 20.3 Å². The minimum atomic E-state index is -1.13. The van der Waals surface area contributed by atoms with Crippen LogP contribution in [0.25, 0.3) is 0 Å². The average Bonchev–Trinajstić information content (AvgIpc) is 3.33. The Morgan fingerprint density at radius 3 is 2.73 bits per heavy atom. The van der Waals surface area contributed by atoms with Crippen molar-refractivity contribution in [3.8, 4) is 0 Å². The molecular formula is C18H27N5O3. The van der Waals surface area contributed by atoms with E-state index >= 15 is 0 Å². The van der Waals surface area contributed by atoms with Gasteiger partial charge in [0.1, 0.15) is 17.6 Å². The van der Waals surface area contributed by atoms with Crippen molar-refractivity contribution in [3.05, 3.63) is 42.2 Å². The number of nitrogens with one attached hydrogen (secondary N) is 1. The predicted octanol–water partition coefficient (Wildman–Crippen LogP) is 1.26. The molecule has 0 aromatic carbocycles. The predicted molar refractivity (Wildman–Crippen MR) is 97.6 cm³/mol. The van der Waals surface area contributed by atoms with Crippen molar-refractivity contribution in [1.29, 1.82) is 0 Å². The minimum Gasteiger partial charge on any atom is -0.466 e. The molecule has 1 saturated heterocycles. The Labute approximate surface area is 153 Å². The fourth-order valence-electron chi connectivity index (χ4n) is 2.98. The van der Waals surface area contributed by atoms with Crippen LogP contribution in [0, 0.1) is 0 Å². The first-order valence-electron chi connectivity index (χ1n) is 9.00. The molecule has 0 radical (unpaired) electrons. The maximum Gasteiger partial charge on any atom is 0.194 e. The Balaban J connectivity index is 1.58. The molecule has 0 saturated carbocycles. The summed E-state index contributed by atoms with van der Waals surface area (Å²) in [5.41, 5.74) is -0.174. The maximum absolute atomic E-state index is 10.6. The molecule has 2 N–H and O–H groups in total. The molecule has 0 amide bonds. The standard InChI is InChI=1S/C18H27N5O3/c1-3-19-17(20-14-18(2,24)16-5-4-11-25-16)23-9-7-22(8-10-23)13-15-6-12-26-21-15/h4-6,11-12,24H,3,7-10,13-14H2,1-2H3,(H,19,20). The number of aliphatic hydroxyl groups is 1. The summed E-state index contributed by atoms with van der Waals surface area (Å²) in [4.78, 5) is 9.21. The van der Waals surface area contributed by atoms with E-state index in [0.29, 0.717) is 5.76 Å². The van der Waals surface area contributed by atoms with Gasteiger partial charge in [-0.15, -0.1) is 0 Å². The van der Waals surface area contributed by atoms with Crippen molar-refractivity contribution in [2.45, 2.75) is 26.0 Å². The topological polar surface area (TPSA) is 90.3 Å². The molecule has 1 unspecified atom stereocenters. The molecule has 142 valence electrons. The summed E-state index contributed by atoms with van der Waals surface area (Å²) in [5, 5.41) is 17.9. The van der Waals surface area contributed by atoms with E-state index in [4.69, 9.17) is 8.94 Å². The van der Waals surface area contributed by atoms with Crippen LogP contribution in [-0.2, 0) is 12.1 Å². The molecule has 8 nitrogen and oxygen atoms in total. The maximum atomic E-state index is 10.6. The molecule has 2 aromatic rings. The van der Waals surface area contributed by atoms with Crippen LogP contribution >= 0.6 is 0 Å². The normalized spacial score (nSPS) is 18.7. The number of piperazine rings is 1. The molecule has 1 aliphatic rings. The zero-order valence-electron chi connectivity index (χ0n) is 15.4. The summed E-state index contributed by atoms with van der Waals surface area (Å²) in [7, 11) is 0. The molecule has 26 heavy (non-hydrogen) atoms. The van der Waals surface area contributed by atoms with Crippen molar-refractivity contribution in [2.24, 2.45) is 4.99 Å². The lowest BCUT2D eigenvalue weighted by atomic mass is 10.0. The molecule has 0 bridgehead atoms. The van der Waals surface area contributed by atoms with Crippen molar-refractivity contribution >= 4 is 5.96 Å². The zero-order chi connectivity index (χ0) is 18.4. The molecule has 3 heterocycles. The Morgan fingerprint density at radius 1 is 1.31 bits per heavy atom.